The molecule has 2 heterocycles. The molecule has 1 aromatic rings. The third-order valence-corrected chi connectivity index (χ3v) is 3.11. The molecule has 0 bridgehead atoms. The molecule has 6 nitrogen and oxygen atoms in total. The predicted molar refractivity (Wildman–Crippen MR) is 58.7 cm³/mol. The molecule has 1 aliphatic rings. The van der Waals surface area contributed by atoms with Gasteiger partial charge in [0.05, 0.1) is 12.3 Å². The van der Waals surface area contributed by atoms with Crippen LogP contribution in [0, 0.1) is 5.92 Å². The van der Waals surface area contributed by atoms with E-state index in [2.05, 4.69) is 10.2 Å². The Bertz CT molecular complexity index is 390. The number of likely N-dealkylation sites (tertiary alicyclic amines) is 1. The Balaban J connectivity index is 2.09. The monoisotopic (exact) mass is 224 g/mol. The van der Waals surface area contributed by atoms with Crippen LogP contribution in [0.5, 0.6) is 0 Å². The van der Waals surface area contributed by atoms with Gasteiger partial charge in [-0.25, -0.2) is 0 Å². The predicted octanol–water partition coefficient (Wildman–Crippen LogP) is -0.165. The number of H-pyrrole nitrogens is 1. The Labute approximate surface area is 93.4 Å². The summed E-state index contributed by atoms with van der Waals surface area (Å²) in [4.78, 5) is 13.6. The van der Waals surface area contributed by atoms with Crippen molar-refractivity contribution in [2.24, 2.45) is 5.92 Å². The largest absolute Gasteiger partial charge is 0.391 e. The van der Waals surface area contributed by atoms with E-state index in [1.807, 2.05) is 6.92 Å². The van der Waals surface area contributed by atoms with E-state index in [0.29, 0.717) is 18.7 Å². The van der Waals surface area contributed by atoms with Gasteiger partial charge in [-0.15, -0.1) is 0 Å². The van der Waals surface area contributed by atoms with Crippen LogP contribution in [0.3, 0.4) is 0 Å². The summed E-state index contributed by atoms with van der Waals surface area (Å²) in [5.74, 6) is 0.348. The van der Waals surface area contributed by atoms with Gasteiger partial charge >= 0.3 is 0 Å². The Morgan fingerprint density at radius 1 is 1.75 bits per heavy atom. The van der Waals surface area contributed by atoms with Gasteiger partial charge in [-0.1, -0.05) is 6.92 Å². The van der Waals surface area contributed by atoms with Gasteiger partial charge in [0.15, 0.2) is 0 Å². The summed E-state index contributed by atoms with van der Waals surface area (Å²) in [5, 5.41) is 16.0. The Morgan fingerprint density at radius 2 is 2.50 bits per heavy atom. The van der Waals surface area contributed by atoms with Gasteiger partial charge in [0.25, 0.3) is 5.91 Å². The second kappa shape index (κ2) is 4.13. The number of anilines is 1. The van der Waals surface area contributed by atoms with Crippen LogP contribution in [-0.2, 0) is 0 Å². The lowest BCUT2D eigenvalue weighted by atomic mass is 9.96. The van der Waals surface area contributed by atoms with Gasteiger partial charge in [-0.3, -0.25) is 9.89 Å². The van der Waals surface area contributed by atoms with Crippen molar-refractivity contribution < 1.29 is 9.90 Å². The van der Waals surface area contributed by atoms with E-state index in [0.717, 1.165) is 6.42 Å². The maximum Gasteiger partial charge on any atom is 0.259 e. The highest BCUT2D eigenvalue weighted by Gasteiger charge is 2.29. The molecule has 1 aliphatic heterocycles. The number of aromatic amines is 1. The summed E-state index contributed by atoms with van der Waals surface area (Å²) in [7, 11) is 0. The molecule has 1 saturated heterocycles. The number of hydrogen-bond acceptors (Lipinski definition) is 4. The van der Waals surface area contributed by atoms with Crippen LogP contribution in [0.25, 0.3) is 0 Å². The van der Waals surface area contributed by atoms with Gasteiger partial charge in [0, 0.05) is 13.1 Å². The van der Waals surface area contributed by atoms with Crippen LogP contribution in [0.2, 0.25) is 0 Å². The lowest BCUT2D eigenvalue weighted by Crippen LogP contribution is -2.45. The van der Waals surface area contributed by atoms with Crippen molar-refractivity contribution in [2.45, 2.75) is 19.4 Å². The summed E-state index contributed by atoms with van der Waals surface area (Å²) >= 11 is 0. The van der Waals surface area contributed by atoms with Gasteiger partial charge in [-0.2, -0.15) is 5.10 Å². The smallest absolute Gasteiger partial charge is 0.259 e. The number of nitrogens with one attached hydrogen (secondary N) is 1. The summed E-state index contributed by atoms with van der Waals surface area (Å²) in [6.45, 7) is 3.00. The number of nitrogen functional groups attached to an aromatic ring is 1. The number of hydrogen-bond donors (Lipinski definition) is 3. The molecule has 1 aromatic heterocycles. The Hall–Kier alpha value is -1.56. The fraction of sp³-hybridized carbons (Fsp3) is 0.600. The van der Waals surface area contributed by atoms with E-state index >= 15 is 0 Å². The molecule has 0 saturated carbocycles. The van der Waals surface area contributed by atoms with Crippen LogP contribution in [0.1, 0.15) is 23.7 Å². The van der Waals surface area contributed by atoms with Crippen LogP contribution in [0.4, 0.5) is 5.82 Å². The number of aliphatic hydroxyl groups excluding tert-OH is 1. The molecule has 0 aromatic carbocycles. The topological polar surface area (TPSA) is 95.2 Å². The molecule has 88 valence electrons. The normalized spacial score (nSPS) is 25.8. The number of nitrogens with two attached hydrogens (primary N) is 1. The molecule has 2 atom stereocenters. The quantitative estimate of drug-likeness (QED) is 0.617. The van der Waals surface area contributed by atoms with E-state index in [9.17, 15) is 9.90 Å². The maximum absolute atomic E-state index is 12.0. The van der Waals surface area contributed by atoms with Crippen molar-refractivity contribution in [1.82, 2.24) is 15.1 Å². The van der Waals surface area contributed by atoms with Crippen molar-refractivity contribution >= 4 is 11.7 Å². The zero-order valence-corrected chi connectivity index (χ0v) is 9.18. The molecular weight excluding hydrogens is 208 g/mol. The summed E-state index contributed by atoms with van der Waals surface area (Å²) < 4.78 is 0. The molecular formula is C10H16N4O2. The van der Waals surface area contributed by atoms with Crippen LogP contribution in [-0.4, -0.2) is 45.3 Å². The number of aromatic nitrogens is 2. The lowest BCUT2D eigenvalue weighted by molar-refractivity contribution is 0.0249. The van der Waals surface area contributed by atoms with E-state index in [1.54, 1.807) is 4.90 Å². The number of aliphatic hydroxyl groups is 1. The highest BCUT2D eigenvalue weighted by atomic mass is 16.3. The minimum atomic E-state index is -0.453. The third-order valence-electron chi connectivity index (χ3n) is 3.11. The molecule has 1 amide bonds. The lowest BCUT2D eigenvalue weighted by Gasteiger charge is -2.34. The van der Waals surface area contributed by atoms with Gasteiger partial charge < -0.3 is 15.7 Å². The molecule has 0 radical (unpaired) electrons. The van der Waals surface area contributed by atoms with Crippen molar-refractivity contribution in [3.05, 3.63) is 11.8 Å². The molecule has 2 rings (SSSR count). The van der Waals surface area contributed by atoms with Crippen molar-refractivity contribution in [1.29, 1.82) is 0 Å². The average Bonchev–Trinajstić information content (AvgIpc) is 2.67. The standard InChI is InChI=1S/C10H16N4O2/c1-6-2-3-14(5-8(6)15)10(16)7-4-12-13-9(7)11/h4,6,8,15H,2-3,5H2,1H3,(H3,11,12,13). The number of rotatable bonds is 1. The summed E-state index contributed by atoms with van der Waals surface area (Å²) in [6, 6.07) is 0. The van der Waals surface area contributed by atoms with Gasteiger partial charge in [0.2, 0.25) is 0 Å². The minimum Gasteiger partial charge on any atom is -0.391 e. The third kappa shape index (κ3) is 1.88. The van der Waals surface area contributed by atoms with Crippen LogP contribution < -0.4 is 5.73 Å². The van der Waals surface area contributed by atoms with Crippen molar-refractivity contribution in [2.75, 3.05) is 18.8 Å². The second-order valence-corrected chi connectivity index (χ2v) is 4.28. The van der Waals surface area contributed by atoms with Crippen LogP contribution >= 0.6 is 0 Å². The van der Waals surface area contributed by atoms with Crippen molar-refractivity contribution in [3.63, 3.8) is 0 Å². The van der Waals surface area contributed by atoms with Crippen LogP contribution in [0.15, 0.2) is 6.20 Å². The number of piperidine rings is 1. The van der Waals surface area contributed by atoms with E-state index in [1.165, 1.54) is 6.20 Å². The molecule has 0 aliphatic carbocycles. The van der Waals surface area contributed by atoms with E-state index in [4.69, 9.17) is 5.73 Å². The molecule has 6 heteroatoms. The number of carbonyl (C=O) groups is 1. The molecule has 2 unspecified atom stereocenters. The fourth-order valence-corrected chi connectivity index (χ4v) is 1.87. The first kappa shape index (κ1) is 10.9. The van der Waals surface area contributed by atoms with Crippen molar-refractivity contribution in [3.8, 4) is 0 Å². The highest BCUT2D eigenvalue weighted by molar-refractivity contribution is 5.98. The molecule has 4 N–H and O–H groups in total. The van der Waals surface area contributed by atoms with E-state index in [-0.39, 0.29) is 17.6 Å². The average molecular weight is 224 g/mol. The fourth-order valence-electron chi connectivity index (χ4n) is 1.87. The number of amides is 1. The number of carbonyl (C=O) groups excluding carboxylic acids is 1. The van der Waals surface area contributed by atoms with E-state index < -0.39 is 6.10 Å². The van der Waals surface area contributed by atoms with Gasteiger partial charge in [-0.05, 0) is 12.3 Å². The number of β-amino-alcohol motifs (C(OH)–C–C–N with tert-alkyl or cyclic N) is 1. The summed E-state index contributed by atoms with van der Waals surface area (Å²) in [5.41, 5.74) is 5.96. The second-order valence-electron chi connectivity index (χ2n) is 4.28. The SMILES string of the molecule is CC1CCN(C(=O)c2cn[nH]c2N)CC1O. The summed E-state index contributed by atoms with van der Waals surface area (Å²) in [6.07, 6.45) is 1.78. The first-order valence-electron chi connectivity index (χ1n) is 5.35. The molecule has 0 spiro atoms. The molecule has 16 heavy (non-hydrogen) atoms. The zero-order valence-electron chi connectivity index (χ0n) is 9.18. The zero-order chi connectivity index (χ0) is 11.7. The minimum absolute atomic E-state index is 0.169. The Morgan fingerprint density at radius 3 is 3.06 bits per heavy atom. The number of nitrogens with zero attached hydrogens (tertiary/aromatic N) is 2. The molecule has 1 fully saturated rings. The first-order chi connectivity index (χ1) is 7.59. The highest BCUT2D eigenvalue weighted by Crippen LogP contribution is 2.20. The van der Waals surface area contributed by atoms with Gasteiger partial charge in [0.1, 0.15) is 11.4 Å². The maximum atomic E-state index is 12.0. The Kier molecular flexibility index (Phi) is 2.82. The first-order valence-corrected chi connectivity index (χ1v) is 5.35.